The second-order valence-electron chi connectivity index (χ2n) is 7.71. The highest BCUT2D eigenvalue weighted by Crippen LogP contribution is 2.30. The predicted molar refractivity (Wildman–Crippen MR) is 125 cm³/mol. The van der Waals surface area contributed by atoms with Gasteiger partial charge in [0.15, 0.2) is 6.61 Å². The number of benzene rings is 3. The second-order valence-corrected chi connectivity index (χ2v) is 7.71. The number of ether oxygens (including phenoxy) is 2. The summed E-state index contributed by atoms with van der Waals surface area (Å²) in [5.74, 6) is -0.747. The average molecular weight is 499 g/mol. The van der Waals surface area contributed by atoms with Gasteiger partial charge in [0.1, 0.15) is 12.4 Å². The first-order valence-electron chi connectivity index (χ1n) is 10.7. The number of carbonyl (C=O) groups is 3. The lowest BCUT2D eigenvalue weighted by Crippen LogP contribution is -2.23. The molecule has 8 nitrogen and oxygen atoms in total. The Balaban J connectivity index is 1.30. The maximum Gasteiger partial charge on any atom is 0.416 e. The Hall–Kier alpha value is -4.54. The number of alkyl halides is 3. The van der Waals surface area contributed by atoms with E-state index in [1.165, 1.54) is 41.3 Å². The van der Waals surface area contributed by atoms with Crippen molar-refractivity contribution in [1.82, 2.24) is 0 Å². The van der Waals surface area contributed by atoms with Crippen molar-refractivity contribution in [2.24, 2.45) is 0 Å². The number of hydrogen-bond donors (Lipinski definition) is 2. The Morgan fingerprint density at radius 2 is 1.64 bits per heavy atom. The lowest BCUT2D eigenvalue weighted by atomic mass is 10.2. The third kappa shape index (κ3) is 6.12. The molecule has 0 unspecified atom stereocenters. The summed E-state index contributed by atoms with van der Waals surface area (Å²) in [5.41, 5.74) is 0.532. The van der Waals surface area contributed by atoms with E-state index in [9.17, 15) is 27.6 Å². The number of nitrogens with one attached hydrogen (secondary N) is 2. The van der Waals surface area contributed by atoms with Gasteiger partial charge in [0, 0.05) is 22.6 Å². The van der Waals surface area contributed by atoms with E-state index in [1.54, 1.807) is 24.3 Å². The summed E-state index contributed by atoms with van der Waals surface area (Å²) in [6.45, 7) is 0.292. The summed E-state index contributed by atoms with van der Waals surface area (Å²) in [4.78, 5) is 37.8. The van der Waals surface area contributed by atoms with Gasteiger partial charge in [-0.15, -0.1) is 0 Å². The van der Waals surface area contributed by atoms with Gasteiger partial charge in [-0.1, -0.05) is 12.1 Å². The van der Waals surface area contributed by atoms with E-state index in [0.717, 1.165) is 12.1 Å². The van der Waals surface area contributed by atoms with Crippen LogP contribution in [0.4, 0.5) is 35.0 Å². The SMILES string of the molecule is O=C(COc1ccc(C(=O)Nc2cccc(N3CCOC3=O)c2)cc1)Nc1cccc(C(F)(F)F)c1. The molecule has 0 saturated carbocycles. The van der Waals surface area contributed by atoms with Gasteiger partial charge in [-0.25, -0.2) is 4.79 Å². The number of rotatable bonds is 7. The zero-order valence-corrected chi connectivity index (χ0v) is 18.7. The van der Waals surface area contributed by atoms with Gasteiger partial charge in [0.05, 0.1) is 12.1 Å². The molecule has 3 aromatic rings. The first-order chi connectivity index (χ1) is 17.2. The fourth-order valence-electron chi connectivity index (χ4n) is 3.40. The molecule has 2 N–H and O–H groups in total. The summed E-state index contributed by atoms with van der Waals surface area (Å²) in [6.07, 6.45) is -4.96. The third-order valence-corrected chi connectivity index (χ3v) is 5.14. The molecule has 3 amide bonds. The van der Waals surface area contributed by atoms with Crippen LogP contribution in [0.5, 0.6) is 5.75 Å². The lowest BCUT2D eigenvalue weighted by molar-refractivity contribution is -0.137. The minimum absolute atomic E-state index is 0.00358. The molecule has 1 aliphatic rings. The number of cyclic esters (lactones) is 1. The molecule has 0 aromatic heterocycles. The van der Waals surface area contributed by atoms with Crippen LogP contribution in [0.3, 0.4) is 0 Å². The molecule has 1 aliphatic heterocycles. The Kier molecular flexibility index (Phi) is 7.09. The third-order valence-electron chi connectivity index (χ3n) is 5.14. The van der Waals surface area contributed by atoms with Gasteiger partial charge in [0.2, 0.25) is 0 Å². The van der Waals surface area contributed by atoms with Crippen LogP contribution >= 0.6 is 0 Å². The van der Waals surface area contributed by atoms with Crippen molar-refractivity contribution in [3.63, 3.8) is 0 Å². The Labute approximate surface area is 203 Å². The largest absolute Gasteiger partial charge is 0.484 e. The number of anilines is 3. The van der Waals surface area contributed by atoms with Gasteiger partial charge in [-0.3, -0.25) is 14.5 Å². The molecule has 1 fully saturated rings. The van der Waals surface area contributed by atoms with Gasteiger partial charge < -0.3 is 20.1 Å². The van der Waals surface area contributed by atoms with E-state index in [1.807, 2.05) is 0 Å². The highest BCUT2D eigenvalue weighted by molar-refractivity contribution is 6.04. The van der Waals surface area contributed by atoms with Gasteiger partial charge in [0.25, 0.3) is 11.8 Å². The summed E-state index contributed by atoms with van der Waals surface area (Å²) in [7, 11) is 0. The van der Waals surface area contributed by atoms with Crippen LogP contribution in [0.1, 0.15) is 15.9 Å². The quantitative estimate of drug-likeness (QED) is 0.481. The Bertz CT molecular complexity index is 1280. The monoisotopic (exact) mass is 499 g/mol. The van der Waals surface area contributed by atoms with Gasteiger partial charge >= 0.3 is 12.3 Å². The molecule has 4 rings (SSSR count). The molecule has 0 aliphatic carbocycles. The van der Waals surface area contributed by atoms with Crippen LogP contribution in [-0.4, -0.2) is 37.7 Å². The molecule has 36 heavy (non-hydrogen) atoms. The van der Waals surface area contributed by atoms with Crippen molar-refractivity contribution in [2.45, 2.75) is 6.18 Å². The molecule has 0 bridgehead atoms. The summed E-state index contributed by atoms with van der Waals surface area (Å²) in [5, 5.41) is 5.09. The molecule has 186 valence electrons. The van der Waals surface area contributed by atoms with Gasteiger partial charge in [-0.2, -0.15) is 13.2 Å². The summed E-state index contributed by atoms with van der Waals surface area (Å²) < 4.78 is 48.7. The molecule has 0 atom stereocenters. The van der Waals surface area contributed by atoms with E-state index in [4.69, 9.17) is 9.47 Å². The zero-order chi connectivity index (χ0) is 25.7. The van der Waals surface area contributed by atoms with Crippen molar-refractivity contribution >= 4 is 35.0 Å². The van der Waals surface area contributed by atoms with Crippen molar-refractivity contribution in [3.8, 4) is 5.75 Å². The molecule has 0 spiro atoms. The number of amides is 3. The first kappa shape index (κ1) is 24.6. The first-order valence-corrected chi connectivity index (χ1v) is 10.7. The summed E-state index contributed by atoms with van der Waals surface area (Å²) >= 11 is 0. The van der Waals surface area contributed by atoms with E-state index in [0.29, 0.717) is 35.8 Å². The fraction of sp³-hybridized carbons (Fsp3) is 0.160. The van der Waals surface area contributed by atoms with Crippen LogP contribution < -0.4 is 20.3 Å². The molecular weight excluding hydrogens is 479 g/mol. The van der Waals surface area contributed by atoms with E-state index in [2.05, 4.69) is 10.6 Å². The maximum atomic E-state index is 12.8. The smallest absolute Gasteiger partial charge is 0.416 e. The molecule has 1 saturated heterocycles. The predicted octanol–water partition coefficient (Wildman–Crippen LogP) is 4.93. The Morgan fingerprint density at radius 3 is 2.31 bits per heavy atom. The van der Waals surface area contributed by atoms with Gasteiger partial charge in [-0.05, 0) is 60.7 Å². The topological polar surface area (TPSA) is 97.0 Å². The van der Waals surface area contributed by atoms with E-state index < -0.39 is 36.3 Å². The molecule has 3 aromatic carbocycles. The highest BCUT2D eigenvalue weighted by atomic mass is 19.4. The van der Waals surface area contributed by atoms with Crippen LogP contribution in [0.25, 0.3) is 0 Å². The van der Waals surface area contributed by atoms with Crippen LogP contribution in [0, 0.1) is 0 Å². The number of halogens is 3. The average Bonchev–Trinajstić information content (AvgIpc) is 3.29. The van der Waals surface area contributed by atoms with Crippen LogP contribution in [0.15, 0.2) is 72.8 Å². The van der Waals surface area contributed by atoms with E-state index in [-0.39, 0.29) is 5.69 Å². The van der Waals surface area contributed by atoms with Crippen molar-refractivity contribution < 1.29 is 37.0 Å². The fourth-order valence-corrected chi connectivity index (χ4v) is 3.40. The molecule has 11 heteroatoms. The van der Waals surface area contributed by atoms with Crippen molar-refractivity contribution in [2.75, 3.05) is 35.3 Å². The maximum absolute atomic E-state index is 12.8. The minimum atomic E-state index is -4.52. The van der Waals surface area contributed by atoms with Crippen molar-refractivity contribution in [1.29, 1.82) is 0 Å². The van der Waals surface area contributed by atoms with Crippen LogP contribution in [0.2, 0.25) is 0 Å². The van der Waals surface area contributed by atoms with E-state index >= 15 is 0 Å². The molecule has 1 heterocycles. The lowest BCUT2D eigenvalue weighted by Gasteiger charge is -2.14. The number of nitrogens with zero attached hydrogens (tertiary/aromatic N) is 1. The second kappa shape index (κ2) is 10.4. The summed E-state index contributed by atoms with van der Waals surface area (Å²) in [6, 6.07) is 17.0. The highest BCUT2D eigenvalue weighted by Gasteiger charge is 2.30. The number of hydrogen-bond acceptors (Lipinski definition) is 5. The number of carbonyl (C=O) groups excluding carboxylic acids is 3. The normalized spacial score (nSPS) is 13.2. The zero-order valence-electron chi connectivity index (χ0n) is 18.7. The molecule has 0 radical (unpaired) electrons. The molecular formula is C25H20F3N3O5. The van der Waals surface area contributed by atoms with Crippen molar-refractivity contribution in [3.05, 3.63) is 83.9 Å². The Morgan fingerprint density at radius 1 is 0.944 bits per heavy atom. The standard InChI is InChI=1S/C25H20F3N3O5/c26-25(27,28)17-3-1-4-18(13-17)29-22(32)15-36-21-9-7-16(8-10-21)23(33)30-19-5-2-6-20(14-19)31-11-12-35-24(31)34/h1-10,13-14H,11-12,15H2,(H,29,32)(H,30,33). The minimum Gasteiger partial charge on any atom is -0.484 e. The van der Waals surface area contributed by atoms with Crippen LogP contribution in [-0.2, 0) is 15.7 Å².